The van der Waals surface area contributed by atoms with Gasteiger partial charge in [-0.1, -0.05) is 31.2 Å². The molecule has 5 nitrogen and oxygen atoms in total. The number of aliphatic imine (C=N–C) groups is 1. The smallest absolute Gasteiger partial charge is 0.188 e. The third-order valence-corrected chi connectivity index (χ3v) is 4.95. The Morgan fingerprint density at radius 2 is 2.17 bits per heavy atom. The van der Waals surface area contributed by atoms with Crippen LogP contribution in [-0.4, -0.2) is 49.6 Å². The van der Waals surface area contributed by atoms with Gasteiger partial charge in [0, 0.05) is 31.4 Å². The molecule has 1 fully saturated rings. The van der Waals surface area contributed by atoms with Crippen LogP contribution >= 0.6 is 0 Å². The van der Waals surface area contributed by atoms with Gasteiger partial charge in [-0.25, -0.2) is 4.99 Å². The molecular weight excluding hydrogens is 298 g/mol. The summed E-state index contributed by atoms with van der Waals surface area (Å²) in [7, 11) is 0. The Hall–Kier alpha value is -2.01. The van der Waals surface area contributed by atoms with Crippen LogP contribution in [0.5, 0.6) is 0 Å². The largest absolute Gasteiger partial charge is 0.370 e. The number of anilines is 1. The van der Waals surface area contributed by atoms with E-state index in [1.807, 2.05) is 0 Å². The molecule has 5 heteroatoms. The van der Waals surface area contributed by atoms with Crippen LogP contribution in [0.1, 0.15) is 25.3 Å². The number of rotatable bonds is 6. The number of nitrogens with one attached hydrogen (secondary N) is 1. The summed E-state index contributed by atoms with van der Waals surface area (Å²) in [5, 5.41) is 3.29. The van der Waals surface area contributed by atoms with E-state index in [1.165, 1.54) is 30.6 Å². The number of benzene rings is 1. The second-order valence-corrected chi connectivity index (χ2v) is 6.55. The summed E-state index contributed by atoms with van der Waals surface area (Å²) in [5.74, 6) is 0.547. The van der Waals surface area contributed by atoms with Crippen LogP contribution in [-0.2, 0) is 6.54 Å². The highest BCUT2D eigenvalue weighted by Gasteiger charge is 2.22. The Morgan fingerprint density at radius 1 is 1.33 bits per heavy atom. The van der Waals surface area contributed by atoms with E-state index in [2.05, 4.69) is 63.5 Å². The molecular formula is C19H29N5. The lowest BCUT2D eigenvalue weighted by Gasteiger charge is -2.23. The number of likely N-dealkylation sites (N-methyl/N-ethyl adjacent to an activating group) is 1. The summed E-state index contributed by atoms with van der Waals surface area (Å²) in [4.78, 5) is 9.35. The first-order chi connectivity index (χ1) is 11.8. The second-order valence-electron chi connectivity index (χ2n) is 6.55. The maximum Gasteiger partial charge on any atom is 0.188 e. The standard InChI is InChI=1S/C19H29N5/c1-2-23-12-6-9-18(23)15-22-19(20)21-14-16-7-5-8-17(13-16)24-10-3-4-11-24/h3-5,7-8,13,18H,2,6,9-12,14-15H2,1H3,(H3,20,21,22). The molecule has 1 aromatic rings. The highest BCUT2D eigenvalue weighted by Crippen LogP contribution is 2.19. The lowest BCUT2D eigenvalue weighted by molar-refractivity contribution is 0.267. The van der Waals surface area contributed by atoms with E-state index in [0.29, 0.717) is 18.5 Å². The Morgan fingerprint density at radius 3 is 2.96 bits per heavy atom. The summed E-state index contributed by atoms with van der Waals surface area (Å²) < 4.78 is 0. The number of hydrogen-bond donors (Lipinski definition) is 2. The van der Waals surface area contributed by atoms with E-state index in [4.69, 9.17) is 5.73 Å². The van der Waals surface area contributed by atoms with Crippen molar-refractivity contribution in [3.8, 4) is 0 Å². The highest BCUT2D eigenvalue weighted by molar-refractivity contribution is 5.77. The minimum atomic E-state index is 0.547. The molecule has 1 aromatic carbocycles. The monoisotopic (exact) mass is 327 g/mol. The van der Waals surface area contributed by atoms with E-state index < -0.39 is 0 Å². The molecule has 0 saturated carbocycles. The van der Waals surface area contributed by atoms with E-state index in [1.54, 1.807) is 0 Å². The van der Waals surface area contributed by atoms with E-state index in [0.717, 1.165) is 26.2 Å². The number of guanidine groups is 1. The second kappa shape index (κ2) is 8.20. The molecule has 0 aliphatic carbocycles. The van der Waals surface area contributed by atoms with Gasteiger partial charge in [0.25, 0.3) is 0 Å². The summed E-state index contributed by atoms with van der Waals surface area (Å²) >= 11 is 0. The fraction of sp³-hybridized carbons (Fsp3) is 0.526. The van der Waals surface area contributed by atoms with Crippen molar-refractivity contribution in [1.29, 1.82) is 0 Å². The molecule has 0 bridgehead atoms. The first-order valence-corrected chi connectivity index (χ1v) is 9.03. The van der Waals surface area contributed by atoms with Crippen LogP contribution in [0.3, 0.4) is 0 Å². The average Bonchev–Trinajstić information content (AvgIpc) is 3.29. The summed E-state index contributed by atoms with van der Waals surface area (Å²) in [5.41, 5.74) is 8.49. The van der Waals surface area contributed by atoms with Crippen molar-refractivity contribution in [2.24, 2.45) is 10.7 Å². The predicted octanol–water partition coefficient (Wildman–Crippen LogP) is 1.95. The molecule has 24 heavy (non-hydrogen) atoms. The first-order valence-electron chi connectivity index (χ1n) is 9.03. The van der Waals surface area contributed by atoms with Crippen molar-refractivity contribution in [2.45, 2.75) is 32.4 Å². The zero-order chi connectivity index (χ0) is 16.8. The van der Waals surface area contributed by atoms with Gasteiger partial charge >= 0.3 is 0 Å². The first kappa shape index (κ1) is 16.8. The van der Waals surface area contributed by atoms with Gasteiger partial charge in [-0.3, -0.25) is 4.90 Å². The normalized spacial score (nSPS) is 21.6. The topological polar surface area (TPSA) is 56.9 Å². The van der Waals surface area contributed by atoms with Gasteiger partial charge < -0.3 is 16.0 Å². The summed E-state index contributed by atoms with van der Waals surface area (Å²) in [6.07, 6.45) is 6.94. The van der Waals surface area contributed by atoms with Crippen molar-refractivity contribution in [3.63, 3.8) is 0 Å². The molecule has 0 aromatic heterocycles. The van der Waals surface area contributed by atoms with Crippen LogP contribution in [0.2, 0.25) is 0 Å². The van der Waals surface area contributed by atoms with Crippen LogP contribution in [0.15, 0.2) is 41.4 Å². The van der Waals surface area contributed by atoms with E-state index in [-0.39, 0.29) is 0 Å². The Balaban J connectivity index is 1.50. The number of hydrogen-bond acceptors (Lipinski definition) is 3. The molecule has 0 spiro atoms. The zero-order valence-corrected chi connectivity index (χ0v) is 14.6. The average molecular weight is 327 g/mol. The molecule has 1 atom stereocenters. The van der Waals surface area contributed by atoms with Gasteiger partial charge in [-0.05, 0) is 43.6 Å². The van der Waals surface area contributed by atoms with Crippen molar-refractivity contribution < 1.29 is 0 Å². The van der Waals surface area contributed by atoms with Crippen molar-refractivity contribution in [2.75, 3.05) is 37.6 Å². The van der Waals surface area contributed by atoms with Crippen molar-refractivity contribution >= 4 is 11.6 Å². The van der Waals surface area contributed by atoms with Gasteiger partial charge in [-0.2, -0.15) is 0 Å². The molecule has 2 heterocycles. The molecule has 0 radical (unpaired) electrons. The third-order valence-electron chi connectivity index (χ3n) is 4.95. The van der Waals surface area contributed by atoms with Crippen LogP contribution in [0.25, 0.3) is 0 Å². The number of likely N-dealkylation sites (tertiary alicyclic amines) is 1. The Kier molecular flexibility index (Phi) is 5.75. The number of nitrogens with two attached hydrogens (primary N) is 1. The molecule has 0 amide bonds. The molecule has 2 aliphatic heterocycles. The number of nitrogens with zero attached hydrogens (tertiary/aromatic N) is 3. The highest BCUT2D eigenvalue weighted by atomic mass is 15.2. The summed E-state index contributed by atoms with van der Waals surface area (Å²) in [6.45, 7) is 8.04. The SMILES string of the molecule is CCN1CCCC1CNC(N)=NCc1cccc(N2CC=CC2)c1. The fourth-order valence-electron chi connectivity index (χ4n) is 3.54. The Bertz CT molecular complexity index is 587. The van der Waals surface area contributed by atoms with Gasteiger partial charge in [-0.15, -0.1) is 0 Å². The van der Waals surface area contributed by atoms with Gasteiger partial charge in [0.15, 0.2) is 5.96 Å². The zero-order valence-electron chi connectivity index (χ0n) is 14.6. The van der Waals surface area contributed by atoms with Crippen LogP contribution < -0.4 is 16.0 Å². The van der Waals surface area contributed by atoms with Crippen LogP contribution in [0.4, 0.5) is 5.69 Å². The minimum absolute atomic E-state index is 0.547. The lowest BCUT2D eigenvalue weighted by atomic mass is 10.2. The van der Waals surface area contributed by atoms with E-state index in [9.17, 15) is 0 Å². The summed E-state index contributed by atoms with van der Waals surface area (Å²) in [6, 6.07) is 9.16. The minimum Gasteiger partial charge on any atom is -0.370 e. The molecule has 3 rings (SSSR count). The van der Waals surface area contributed by atoms with Crippen LogP contribution in [0, 0.1) is 0 Å². The van der Waals surface area contributed by atoms with Gasteiger partial charge in [0.2, 0.25) is 0 Å². The van der Waals surface area contributed by atoms with E-state index >= 15 is 0 Å². The van der Waals surface area contributed by atoms with Gasteiger partial charge in [0.1, 0.15) is 0 Å². The fourth-order valence-corrected chi connectivity index (χ4v) is 3.54. The molecule has 3 N–H and O–H groups in total. The molecule has 130 valence electrons. The predicted molar refractivity (Wildman–Crippen MR) is 101 cm³/mol. The quantitative estimate of drug-likeness (QED) is 0.476. The third kappa shape index (κ3) is 4.29. The van der Waals surface area contributed by atoms with Crippen molar-refractivity contribution in [1.82, 2.24) is 10.2 Å². The lowest BCUT2D eigenvalue weighted by Crippen LogP contribution is -2.42. The Labute approximate surface area is 145 Å². The van der Waals surface area contributed by atoms with Gasteiger partial charge in [0.05, 0.1) is 6.54 Å². The molecule has 2 aliphatic rings. The maximum absolute atomic E-state index is 6.05. The molecule has 1 unspecified atom stereocenters. The maximum atomic E-state index is 6.05. The van der Waals surface area contributed by atoms with Crippen molar-refractivity contribution in [3.05, 3.63) is 42.0 Å². The molecule has 1 saturated heterocycles.